The summed E-state index contributed by atoms with van der Waals surface area (Å²) >= 11 is 0. The standard InChI is InChI=1S/C15H18FN3O2S/c1-22(20,21)14-8-17-18-15(14)12-6-7-19(10-12)9-11-2-4-13(16)5-3-11/h2-5,8,12H,6-7,9-10H2,1H3,(H,17,18)/t12-/m0/s1. The molecule has 1 atom stereocenters. The Morgan fingerprint density at radius 3 is 2.77 bits per heavy atom. The number of likely N-dealkylation sites (tertiary alicyclic amines) is 1. The van der Waals surface area contributed by atoms with Crippen LogP contribution in [0.15, 0.2) is 35.4 Å². The van der Waals surface area contributed by atoms with Crippen LogP contribution in [0.25, 0.3) is 0 Å². The van der Waals surface area contributed by atoms with E-state index in [2.05, 4.69) is 15.1 Å². The summed E-state index contributed by atoms with van der Waals surface area (Å²) in [5, 5.41) is 6.73. The summed E-state index contributed by atoms with van der Waals surface area (Å²) in [6, 6.07) is 6.47. The van der Waals surface area contributed by atoms with E-state index in [0.717, 1.165) is 31.6 Å². The quantitative estimate of drug-likeness (QED) is 0.934. The average molecular weight is 323 g/mol. The van der Waals surface area contributed by atoms with Crippen LogP contribution in [0.1, 0.15) is 23.6 Å². The highest BCUT2D eigenvalue weighted by atomic mass is 32.2. The molecule has 2 heterocycles. The number of nitrogens with one attached hydrogen (secondary N) is 1. The SMILES string of the molecule is CS(=O)(=O)c1cn[nH]c1[C@H]1CCN(Cc2ccc(F)cc2)C1. The summed E-state index contributed by atoms with van der Waals surface area (Å²) < 4.78 is 36.5. The molecule has 5 nitrogen and oxygen atoms in total. The number of halogens is 1. The minimum Gasteiger partial charge on any atom is -0.298 e. The van der Waals surface area contributed by atoms with E-state index in [1.54, 1.807) is 12.1 Å². The number of aromatic amines is 1. The molecule has 0 unspecified atom stereocenters. The number of rotatable bonds is 4. The van der Waals surface area contributed by atoms with Gasteiger partial charge < -0.3 is 0 Å². The molecule has 3 rings (SSSR count). The fourth-order valence-corrected chi connectivity index (χ4v) is 3.79. The van der Waals surface area contributed by atoms with Gasteiger partial charge in [-0.05, 0) is 30.7 Å². The van der Waals surface area contributed by atoms with Crippen LogP contribution in [-0.4, -0.2) is 42.9 Å². The Morgan fingerprint density at radius 1 is 1.36 bits per heavy atom. The van der Waals surface area contributed by atoms with Gasteiger partial charge in [0.05, 0.1) is 11.9 Å². The van der Waals surface area contributed by atoms with Crippen LogP contribution in [0.4, 0.5) is 4.39 Å². The molecule has 1 aliphatic rings. The maximum Gasteiger partial charge on any atom is 0.178 e. The average Bonchev–Trinajstić information content (AvgIpc) is 3.09. The van der Waals surface area contributed by atoms with Crippen LogP contribution < -0.4 is 0 Å². The summed E-state index contributed by atoms with van der Waals surface area (Å²) in [6.07, 6.45) is 3.46. The van der Waals surface area contributed by atoms with Crippen molar-refractivity contribution in [3.63, 3.8) is 0 Å². The smallest absolute Gasteiger partial charge is 0.178 e. The maximum atomic E-state index is 12.9. The first kappa shape index (κ1) is 15.2. The zero-order valence-corrected chi connectivity index (χ0v) is 13.1. The Hall–Kier alpha value is -1.73. The molecule has 118 valence electrons. The number of hydrogen-bond acceptors (Lipinski definition) is 4. The van der Waals surface area contributed by atoms with Gasteiger partial charge in [0, 0.05) is 25.3 Å². The third kappa shape index (κ3) is 3.20. The van der Waals surface area contributed by atoms with Crippen molar-refractivity contribution in [3.8, 4) is 0 Å². The molecule has 1 saturated heterocycles. The lowest BCUT2D eigenvalue weighted by atomic mass is 10.1. The summed E-state index contributed by atoms with van der Waals surface area (Å²) in [5.41, 5.74) is 1.75. The number of nitrogens with zero attached hydrogens (tertiary/aromatic N) is 2. The topological polar surface area (TPSA) is 66.1 Å². The molecule has 1 N–H and O–H groups in total. The molecule has 22 heavy (non-hydrogen) atoms. The van der Waals surface area contributed by atoms with Crippen LogP contribution in [-0.2, 0) is 16.4 Å². The highest BCUT2D eigenvalue weighted by Gasteiger charge is 2.29. The fourth-order valence-electron chi connectivity index (χ4n) is 2.93. The molecule has 1 aliphatic heterocycles. The molecule has 1 aromatic carbocycles. The van der Waals surface area contributed by atoms with E-state index in [1.165, 1.54) is 24.6 Å². The van der Waals surface area contributed by atoms with Crippen molar-refractivity contribution in [2.24, 2.45) is 0 Å². The van der Waals surface area contributed by atoms with E-state index in [-0.39, 0.29) is 11.7 Å². The largest absolute Gasteiger partial charge is 0.298 e. The van der Waals surface area contributed by atoms with Gasteiger partial charge in [-0.1, -0.05) is 12.1 Å². The minimum absolute atomic E-state index is 0.132. The molecular formula is C15H18FN3O2S. The molecule has 1 fully saturated rings. The van der Waals surface area contributed by atoms with Gasteiger partial charge in [0.15, 0.2) is 9.84 Å². The van der Waals surface area contributed by atoms with Gasteiger partial charge in [-0.25, -0.2) is 12.8 Å². The molecule has 0 amide bonds. The van der Waals surface area contributed by atoms with Gasteiger partial charge in [-0.15, -0.1) is 0 Å². The number of H-pyrrole nitrogens is 1. The van der Waals surface area contributed by atoms with Crippen molar-refractivity contribution in [3.05, 3.63) is 47.5 Å². The van der Waals surface area contributed by atoms with E-state index in [4.69, 9.17) is 0 Å². The summed E-state index contributed by atoms with van der Waals surface area (Å²) in [6.45, 7) is 2.38. The summed E-state index contributed by atoms with van der Waals surface area (Å²) in [7, 11) is -3.26. The Balaban J connectivity index is 1.70. The second kappa shape index (κ2) is 5.81. The van der Waals surface area contributed by atoms with Crippen LogP contribution in [0.3, 0.4) is 0 Å². The van der Waals surface area contributed by atoms with Gasteiger partial charge in [0.25, 0.3) is 0 Å². The number of sulfone groups is 1. The van der Waals surface area contributed by atoms with Crippen molar-refractivity contribution in [2.45, 2.75) is 23.8 Å². The lowest BCUT2D eigenvalue weighted by Gasteiger charge is -2.16. The van der Waals surface area contributed by atoms with Crippen LogP contribution in [0.2, 0.25) is 0 Å². The Kier molecular flexibility index (Phi) is 4.01. The predicted octanol–water partition coefficient (Wildman–Crippen LogP) is 1.94. The highest BCUT2D eigenvalue weighted by molar-refractivity contribution is 7.90. The van der Waals surface area contributed by atoms with Crippen molar-refractivity contribution in [2.75, 3.05) is 19.3 Å². The second-order valence-electron chi connectivity index (χ2n) is 5.77. The second-order valence-corrected chi connectivity index (χ2v) is 7.75. The first-order valence-corrected chi connectivity index (χ1v) is 9.03. The molecule has 1 aromatic heterocycles. The van der Waals surface area contributed by atoms with Crippen LogP contribution in [0.5, 0.6) is 0 Å². The molecule has 0 radical (unpaired) electrons. The molecular weight excluding hydrogens is 305 g/mol. The van der Waals surface area contributed by atoms with Gasteiger partial charge in [0.1, 0.15) is 10.7 Å². The fraction of sp³-hybridized carbons (Fsp3) is 0.400. The number of benzene rings is 1. The van der Waals surface area contributed by atoms with E-state index in [1.807, 2.05) is 0 Å². The zero-order valence-electron chi connectivity index (χ0n) is 12.3. The van der Waals surface area contributed by atoms with Crippen molar-refractivity contribution in [1.29, 1.82) is 0 Å². The highest BCUT2D eigenvalue weighted by Crippen LogP contribution is 2.30. The van der Waals surface area contributed by atoms with Crippen LogP contribution in [0, 0.1) is 5.82 Å². The maximum absolute atomic E-state index is 12.9. The van der Waals surface area contributed by atoms with Crippen molar-refractivity contribution >= 4 is 9.84 Å². The third-order valence-corrected chi connectivity index (χ3v) is 5.16. The number of hydrogen-bond donors (Lipinski definition) is 1. The van der Waals surface area contributed by atoms with E-state index in [0.29, 0.717) is 10.6 Å². The van der Waals surface area contributed by atoms with Crippen molar-refractivity contribution in [1.82, 2.24) is 15.1 Å². The molecule has 0 bridgehead atoms. The first-order valence-electron chi connectivity index (χ1n) is 7.13. The summed E-state index contributed by atoms with van der Waals surface area (Å²) in [5.74, 6) is -0.106. The molecule has 0 spiro atoms. The van der Waals surface area contributed by atoms with Gasteiger partial charge in [0.2, 0.25) is 0 Å². The monoisotopic (exact) mass is 323 g/mol. The predicted molar refractivity (Wildman–Crippen MR) is 80.7 cm³/mol. The Labute approximate surface area is 129 Å². The van der Waals surface area contributed by atoms with Crippen LogP contribution >= 0.6 is 0 Å². The minimum atomic E-state index is -3.26. The number of aromatic nitrogens is 2. The normalized spacial score (nSPS) is 19.6. The van der Waals surface area contributed by atoms with E-state index in [9.17, 15) is 12.8 Å². The summed E-state index contributed by atoms with van der Waals surface area (Å²) in [4.78, 5) is 2.53. The first-order chi connectivity index (χ1) is 10.4. The van der Waals surface area contributed by atoms with Gasteiger partial charge >= 0.3 is 0 Å². The molecule has 0 saturated carbocycles. The van der Waals surface area contributed by atoms with Gasteiger partial charge in [-0.3, -0.25) is 10.00 Å². The Bertz CT molecular complexity index is 755. The van der Waals surface area contributed by atoms with Gasteiger partial charge in [-0.2, -0.15) is 5.10 Å². The molecule has 0 aliphatic carbocycles. The molecule has 7 heteroatoms. The lowest BCUT2D eigenvalue weighted by molar-refractivity contribution is 0.326. The lowest BCUT2D eigenvalue weighted by Crippen LogP contribution is -2.20. The van der Waals surface area contributed by atoms with E-state index >= 15 is 0 Å². The van der Waals surface area contributed by atoms with Crippen molar-refractivity contribution < 1.29 is 12.8 Å². The zero-order chi connectivity index (χ0) is 15.7. The molecule has 2 aromatic rings. The third-order valence-electron chi connectivity index (χ3n) is 4.03. The Morgan fingerprint density at radius 2 is 2.09 bits per heavy atom. The van der Waals surface area contributed by atoms with E-state index < -0.39 is 9.84 Å².